The molecule has 0 amide bonds. The highest BCUT2D eigenvalue weighted by Crippen LogP contribution is 2.65. The molecule has 0 aromatic heterocycles. The van der Waals surface area contributed by atoms with Crippen molar-refractivity contribution in [2.75, 3.05) is 5.33 Å². The van der Waals surface area contributed by atoms with Crippen LogP contribution >= 0.6 is 15.9 Å². The van der Waals surface area contributed by atoms with Crippen molar-refractivity contribution in [3.05, 3.63) is 12.2 Å². The summed E-state index contributed by atoms with van der Waals surface area (Å²) in [7, 11) is 0. The van der Waals surface area contributed by atoms with Gasteiger partial charge in [0.2, 0.25) is 0 Å². The highest BCUT2D eigenvalue weighted by atomic mass is 79.9. The second-order valence-corrected chi connectivity index (χ2v) is 8.92. The molecule has 3 fully saturated rings. The van der Waals surface area contributed by atoms with Gasteiger partial charge in [-0.1, -0.05) is 35.0 Å². The molecule has 3 saturated carbocycles. The summed E-state index contributed by atoms with van der Waals surface area (Å²) in [6.45, 7) is 2.57. The number of Topliss-reactive ketones (excluding diaryl/α,β-unsaturated/α-hetero) is 1. The lowest BCUT2D eigenvalue weighted by atomic mass is 9.46. The van der Waals surface area contributed by atoms with Gasteiger partial charge in [-0.05, 0) is 74.0 Å². The number of alkyl halides is 1. The monoisotopic (exact) mass is 350 g/mol. The standard InChI is InChI=1S/C19H27BrO/c1-18-10-3-2-4-13(18)5-6-14-15(18)9-11-19(12-20)16(14)7-8-17(19)21/h2-3,13-16H,4-12H2,1H3/t13-,14-,15+,16+,18+,19-/m1/s1. The molecule has 1 nitrogen and oxygen atoms in total. The van der Waals surface area contributed by atoms with Gasteiger partial charge >= 0.3 is 0 Å². The molecule has 116 valence electrons. The second kappa shape index (κ2) is 4.94. The van der Waals surface area contributed by atoms with E-state index in [1.807, 2.05) is 0 Å². The molecular weight excluding hydrogens is 324 g/mol. The Hall–Kier alpha value is -0.110. The van der Waals surface area contributed by atoms with E-state index in [1.165, 1.54) is 38.5 Å². The molecule has 0 spiro atoms. The summed E-state index contributed by atoms with van der Waals surface area (Å²) in [5.74, 6) is 3.82. The van der Waals surface area contributed by atoms with Gasteiger partial charge < -0.3 is 0 Å². The van der Waals surface area contributed by atoms with Crippen molar-refractivity contribution in [3.8, 4) is 0 Å². The number of halogens is 1. The molecule has 4 aliphatic carbocycles. The van der Waals surface area contributed by atoms with Gasteiger partial charge in [0.25, 0.3) is 0 Å². The van der Waals surface area contributed by atoms with E-state index in [0.29, 0.717) is 17.1 Å². The molecule has 0 aliphatic heterocycles. The number of rotatable bonds is 1. The molecule has 0 aromatic carbocycles. The maximum Gasteiger partial charge on any atom is 0.140 e. The van der Waals surface area contributed by atoms with Crippen molar-refractivity contribution < 1.29 is 4.79 Å². The third kappa shape index (κ3) is 1.84. The zero-order valence-electron chi connectivity index (χ0n) is 13.1. The third-order valence-electron chi connectivity index (χ3n) is 7.89. The minimum atomic E-state index is 0.00880. The fourth-order valence-corrected chi connectivity index (χ4v) is 7.67. The van der Waals surface area contributed by atoms with E-state index in [-0.39, 0.29) is 5.41 Å². The fourth-order valence-electron chi connectivity index (χ4n) is 6.67. The highest BCUT2D eigenvalue weighted by molar-refractivity contribution is 9.09. The van der Waals surface area contributed by atoms with Gasteiger partial charge in [0.15, 0.2) is 0 Å². The quantitative estimate of drug-likeness (QED) is 0.472. The van der Waals surface area contributed by atoms with Gasteiger partial charge in [-0.25, -0.2) is 0 Å². The first-order valence-corrected chi connectivity index (χ1v) is 9.98. The van der Waals surface area contributed by atoms with E-state index >= 15 is 0 Å². The van der Waals surface area contributed by atoms with E-state index in [2.05, 4.69) is 35.0 Å². The Morgan fingerprint density at radius 1 is 1.19 bits per heavy atom. The minimum absolute atomic E-state index is 0.00880. The molecule has 2 heteroatoms. The number of carbonyl (C=O) groups is 1. The highest BCUT2D eigenvalue weighted by Gasteiger charge is 2.60. The molecule has 4 rings (SSSR count). The van der Waals surface area contributed by atoms with E-state index in [4.69, 9.17) is 0 Å². The number of fused-ring (bicyclic) bond motifs is 5. The molecule has 21 heavy (non-hydrogen) atoms. The molecule has 0 saturated heterocycles. The van der Waals surface area contributed by atoms with Crippen LogP contribution in [0.5, 0.6) is 0 Å². The minimum Gasteiger partial charge on any atom is -0.299 e. The van der Waals surface area contributed by atoms with Crippen molar-refractivity contribution in [2.45, 2.75) is 58.3 Å². The van der Waals surface area contributed by atoms with Crippen LogP contribution in [0.2, 0.25) is 0 Å². The topological polar surface area (TPSA) is 17.1 Å². The first-order chi connectivity index (χ1) is 10.1. The summed E-state index contributed by atoms with van der Waals surface area (Å²) in [5, 5.41) is 0.909. The Morgan fingerprint density at radius 3 is 2.86 bits per heavy atom. The molecule has 6 atom stereocenters. The maximum atomic E-state index is 12.6. The Labute approximate surface area is 137 Å². The summed E-state index contributed by atoms with van der Waals surface area (Å²) in [4.78, 5) is 12.6. The lowest BCUT2D eigenvalue weighted by molar-refractivity contribution is -0.135. The smallest absolute Gasteiger partial charge is 0.140 e. The van der Waals surface area contributed by atoms with Crippen LogP contribution in [0.4, 0.5) is 0 Å². The van der Waals surface area contributed by atoms with Gasteiger partial charge in [-0.15, -0.1) is 0 Å². The van der Waals surface area contributed by atoms with Crippen LogP contribution in [-0.4, -0.2) is 11.1 Å². The summed E-state index contributed by atoms with van der Waals surface area (Å²) < 4.78 is 0. The van der Waals surface area contributed by atoms with Gasteiger partial charge in [0.1, 0.15) is 5.78 Å². The predicted molar refractivity (Wildman–Crippen MR) is 89.4 cm³/mol. The van der Waals surface area contributed by atoms with Gasteiger partial charge in [-0.2, -0.15) is 0 Å². The van der Waals surface area contributed by atoms with Crippen LogP contribution in [0.15, 0.2) is 12.2 Å². The van der Waals surface area contributed by atoms with Crippen molar-refractivity contribution in [2.24, 2.45) is 34.5 Å². The number of allylic oxidation sites excluding steroid dienone is 2. The van der Waals surface area contributed by atoms with Crippen LogP contribution in [0.1, 0.15) is 58.3 Å². The van der Waals surface area contributed by atoms with E-state index in [0.717, 1.165) is 35.9 Å². The Morgan fingerprint density at radius 2 is 2.05 bits per heavy atom. The molecule has 4 aliphatic rings. The van der Waals surface area contributed by atoms with Gasteiger partial charge in [0, 0.05) is 17.2 Å². The number of hydrogen-bond acceptors (Lipinski definition) is 1. The van der Waals surface area contributed by atoms with Crippen molar-refractivity contribution in [3.63, 3.8) is 0 Å². The van der Waals surface area contributed by atoms with Gasteiger partial charge in [0.05, 0.1) is 0 Å². The van der Waals surface area contributed by atoms with Crippen molar-refractivity contribution in [1.29, 1.82) is 0 Å². The predicted octanol–water partition coefficient (Wildman–Crippen LogP) is 5.14. The normalized spacial score (nSPS) is 52.2. The summed E-state index contributed by atoms with van der Waals surface area (Å²) in [6.07, 6.45) is 14.7. The average molecular weight is 351 g/mol. The van der Waals surface area contributed by atoms with Crippen molar-refractivity contribution in [1.82, 2.24) is 0 Å². The molecule has 0 bridgehead atoms. The number of hydrogen-bond donors (Lipinski definition) is 0. The first-order valence-electron chi connectivity index (χ1n) is 8.86. The number of carbonyl (C=O) groups excluding carboxylic acids is 1. The SMILES string of the molecule is C[C@]12CC=CC[C@@H]1CC[C@H]1[C@@H]3CCC(=O)[C@@]3(CBr)CC[C@@H]12. The lowest BCUT2D eigenvalue weighted by Gasteiger charge is -2.59. The van der Waals surface area contributed by atoms with E-state index in [9.17, 15) is 4.79 Å². The third-order valence-corrected chi connectivity index (χ3v) is 8.89. The summed E-state index contributed by atoms with van der Waals surface area (Å²) in [5.41, 5.74) is 0.524. The van der Waals surface area contributed by atoms with Crippen LogP contribution in [-0.2, 0) is 4.79 Å². The Bertz CT molecular complexity index is 484. The second-order valence-electron chi connectivity index (χ2n) is 8.36. The largest absolute Gasteiger partial charge is 0.299 e. The van der Waals surface area contributed by atoms with E-state index < -0.39 is 0 Å². The Balaban J connectivity index is 1.68. The molecule has 0 N–H and O–H groups in total. The zero-order valence-corrected chi connectivity index (χ0v) is 14.7. The molecule has 0 aromatic rings. The summed E-state index contributed by atoms with van der Waals surface area (Å²) >= 11 is 3.72. The van der Waals surface area contributed by atoms with Crippen LogP contribution in [0.25, 0.3) is 0 Å². The average Bonchev–Trinajstić information content (AvgIpc) is 2.84. The summed E-state index contributed by atoms with van der Waals surface area (Å²) in [6, 6.07) is 0. The Kier molecular flexibility index (Phi) is 3.41. The van der Waals surface area contributed by atoms with Crippen LogP contribution < -0.4 is 0 Å². The fraction of sp³-hybridized carbons (Fsp3) is 0.842. The first kappa shape index (κ1) is 14.5. The van der Waals surface area contributed by atoms with Crippen LogP contribution in [0, 0.1) is 34.5 Å². The maximum absolute atomic E-state index is 12.6. The van der Waals surface area contributed by atoms with E-state index in [1.54, 1.807) is 0 Å². The molecule has 0 unspecified atom stereocenters. The lowest BCUT2D eigenvalue weighted by Crippen LogP contribution is -2.53. The zero-order chi connectivity index (χ0) is 14.7. The molecular formula is C19H27BrO. The van der Waals surface area contributed by atoms with Crippen molar-refractivity contribution >= 4 is 21.7 Å². The van der Waals surface area contributed by atoms with Gasteiger partial charge in [-0.3, -0.25) is 4.79 Å². The molecule has 0 heterocycles. The van der Waals surface area contributed by atoms with Crippen LogP contribution in [0.3, 0.4) is 0 Å². The molecule has 0 radical (unpaired) electrons. The number of ketones is 1.